The monoisotopic (exact) mass is 351 g/mol. The SMILES string of the molecule is O=C(NN=Cc1cccc(OC(=O)c2cccs2)c1)c1cccnc1. The summed E-state index contributed by atoms with van der Waals surface area (Å²) in [5, 5.41) is 5.71. The summed E-state index contributed by atoms with van der Waals surface area (Å²) in [5.41, 5.74) is 3.51. The van der Waals surface area contributed by atoms with Crippen molar-refractivity contribution in [3.63, 3.8) is 0 Å². The van der Waals surface area contributed by atoms with E-state index in [0.717, 1.165) is 0 Å². The second-order valence-electron chi connectivity index (χ2n) is 4.88. The van der Waals surface area contributed by atoms with Crippen LogP contribution in [0.2, 0.25) is 0 Å². The summed E-state index contributed by atoms with van der Waals surface area (Å²) in [4.78, 5) is 28.2. The molecule has 0 aliphatic carbocycles. The third-order valence-electron chi connectivity index (χ3n) is 3.09. The van der Waals surface area contributed by atoms with E-state index in [1.165, 1.54) is 23.7 Å². The Hall–Kier alpha value is -3.32. The molecule has 0 spiro atoms. The maximum atomic E-state index is 11.9. The first-order valence-corrected chi connectivity index (χ1v) is 8.19. The number of nitrogens with zero attached hydrogens (tertiary/aromatic N) is 2. The van der Waals surface area contributed by atoms with Crippen molar-refractivity contribution in [3.05, 3.63) is 82.3 Å². The van der Waals surface area contributed by atoms with E-state index in [-0.39, 0.29) is 5.91 Å². The van der Waals surface area contributed by atoms with Gasteiger partial charge in [-0.2, -0.15) is 5.10 Å². The normalized spacial score (nSPS) is 10.6. The fraction of sp³-hybridized carbons (Fsp3) is 0. The molecule has 0 fully saturated rings. The quantitative estimate of drug-likeness (QED) is 0.331. The van der Waals surface area contributed by atoms with Gasteiger partial charge in [0.2, 0.25) is 0 Å². The van der Waals surface area contributed by atoms with Crippen LogP contribution in [0.5, 0.6) is 5.75 Å². The van der Waals surface area contributed by atoms with Gasteiger partial charge in [0.15, 0.2) is 0 Å². The molecule has 0 saturated carbocycles. The van der Waals surface area contributed by atoms with E-state index in [4.69, 9.17) is 4.74 Å². The van der Waals surface area contributed by atoms with Crippen molar-refractivity contribution in [2.75, 3.05) is 0 Å². The zero-order valence-corrected chi connectivity index (χ0v) is 13.8. The number of esters is 1. The van der Waals surface area contributed by atoms with Gasteiger partial charge in [0.1, 0.15) is 10.6 Å². The Morgan fingerprint density at radius 3 is 2.84 bits per heavy atom. The van der Waals surface area contributed by atoms with Crippen molar-refractivity contribution in [2.45, 2.75) is 0 Å². The van der Waals surface area contributed by atoms with Crippen molar-refractivity contribution in [3.8, 4) is 5.75 Å². The first kappa shape index (κ1) is 16.5. The average molecular weight is 351 g/mol. The number of hydrazone groups is 1. The van der Waals surface area contributed by atoms with Gasteiger partial charge in [-0.3, -0.25) is 9.78 Å². The Morgan fingerprint density at radius 1 is 1.16 bits per heavy atom. The predicted octanol–water partition coefficient (Wildman–Crippen LogP) is 3.13. The lowest BCUT2D eigenvalue weighted by molar-refractivity contribution is 0.0739. The highest BCUT2D eigenvalue weighted by molar-refractivity contribution is 7.12. The molecule has 3 rings (SSSR count). The van der Waals surface area contributed by atoms with E-state index >= 15 is 0 Å². The number of hydrogen-bond acceptors (Lipinski definition) is 6. The number of thiophene rings is 1. The molecule has 0 aliphatic heterocycles. The summed E-state index contributed by atoms with van der Waals surface area (Å²) in [6, 6.07) is 13.7. The molecule has 2 heterocycles. The van der Waals surface area contributed by atoms with Crippen LogP contribution in [0.25, 0.3) is 0 Å². The molecule has 1 N–H and O–H groups in total. The van der Waals surface area contributed by atoms with Gasteiger partial charge in [0.25, 0.3) is 5.91 Å². The molecule has 0 atom stereocenters. The fourth-order valence-electron chi connectivity index (χ4n) is 1.94. The molecule has 1 aromatic carbocycles. The van der Waals surface area contributed by atoms with Crippen LogP contribution in [0.4, 0.5) is 0 Å². The zero-order chi connectivity index (χ0) is 17.5. The molecule has 1 amide bonds. The Morgan fingerprint density at radius 2 is 2.08 bits per heavy atom. The minimum Gasteiger partial charge on any atom is -0.422 e. The van der Waals surface area contributed by atoms with Crippen molar-refractivity contribution < 1.29 is 14.3 Å². The van der Waals surface area contributed by atoms with Crippen molar-refractivity contribution in [1.82, 2.24) is 10.4 Å². The lowest BCUT2D eigenvalue weighted by Gasteiger charge is -2.03. The van der Waals surface area contributed by atoms with Crippen LogP contribution in [-0.4, -0.2) is 23.1 Å². The number of hydrogen-bond donors (Lipinski definition) is 1. The van der Waals surface area contributed by atoms with E-state index in [2.05, 4.69) is 15.5 Å². The number of aromatic nitrogens is 1. The molecular formula is C18H13N3O3S. The largest absolute Gasteiger partial charge is 0.422 e. The number of carbonyl (C=O) groups is 2. The van der Waals surface area contributed by atoms with Crippen LogP contribution in [0.1, 0.15) is 25.6 Å². The highest BCUT2D eigenvalue weighted by Crippen LogP contribution is 2.16. The fourth-order valence-corrected chi connectivity index (χ4v) is 2.54. The molecule has 25 heavy (non-hydrogen) atoms. The Bertz CT molecular complexity index is 893. The third kappa shape index (κ3) is 4.58. The first-order chi connectivity index (χ1) is 12.2. The molecule has 2 aromatic heterocycles. The second-order valence-corrected chi connectivity index (χ2v) is 5.83. The van der Waals surface area contributed by atoms with E-state index in [0.29, 0.717) is 21.8 Å². The number of benzene rings is 1. The highest BCUT2D eigenvalue weighted by Gasteiger charge is 2.09. The third-order valence-corrected chi connectivity index (χ3v) is 3.94. The van der Waals surface area contributed by atoms with Crippen LogP contribution in [0.3, 0.4) is 0 Å². The summed E-state index contributed by atoms with van der Waals surface area (Å²) < 4.78 is 5.31. The Labute approximate surface area is 147 Å². The van der Waals surface area contributed by atoms with Crippen LogP contribution in [-0.2, 0) is 0 Å². The van der Waals surface area contributed by atoms with E-state index in [1.807, 2.05) is 5.38 Å². The lowest BCUT2D eigenvalue weighted by Crippen LogP contribution is -2.17. The molecule has 0 bridgehead atoms. The van der Waals surface area contributed by atoms with Crippen LogP contribution in [0.15, 0.2) is 71.4 Å². The van der Waals surface area contributed by atoms with Gasteiger partial charge in [-0.15, -0.1) is 11.3 Å². The summed E-state index contributed by atoms with van der Waals surface area (Å²) in [5.74, 6) is -0.362. The maximum Gasteiger partial charge on any atom is 0.353 e. The molecule has 0 radical (unpaired) electrons. The molecule has 0 unspecified atom stereocenters. The average Bonchev–Trinajstić information content (AvgIpc) is 3.17. The maximum absolute atomic E-state index is 11.9. The second kappa shape index (κ2) is 7.98. The van der Waals surface area contributed by atoms with Crippen LogP contribution >= 0.6 is 11.3 Å². The first-order valence-electron chi connectivity index (χ1n) is 7.31. The van der Waals surface area contributed by atoms with Gasteiger partial charge in [-0.1, -0.05) is 18.2 Å². The van der Waals surface area contributed by atoms with Gasteiger partial charge in [0.05, 0.1) is 11.8 Å². The Kier molecular flexibility index (Phi) is 5.28. The number of pyridine rings is 1. The van der Waals surface area contributed by atoms with Gasteiger partial charge in [-0.25, -0.2) is 10.2 Å². The molecule has 0 saturated heterocycles. The molecule has 124 valence electrons. The summed E-state index contributed by atoms with van der Waals surface area (Å²) >= 11 is 1.32. The lowest BCUT2D eigenvalue weighted by atomic mass is 10.2. The molecule has 3 aromatic rings. The van der Waals surface area contributed by atoms with Crippen molar-refractivity contribution in [1.29, 1.82) is 0 Å². The van der Waals surface area contributed by atoms with E-state index in [9.17, 15) is 9.59 Å². The van der Waals surface area contributed by atoms with Crippen LogP contribution in [0, 0.1) is 0 Å². The highest BCUT2D eigenvalue weighted by atomic mass is 32.1. The minimum absolute atomic E-state index is 0.357. The number of amides is 1. The molecule has 6 nitrogen and oxygen atoms in total. The zero-order valence-electron chi connectivity index (χ0n) is 13.0. The predicted molar refractivity (Wildman–Crippen MR) is 95.0 cm³/mol. The standard InChI is InChI=1S/C18H13N3O3S/c22-17(14-5-2-8-19-12-14)21-20-11-13-4-1-6-15(10-13)24-18(23)16-7-3-9-25-16/h1-12H,(H,21,22). The molecule has 7 heteroatoms. The Balaban J connectivity index is 1.61. The van der Waals surface area contributed by atoms with E-state index < -0.39 is 5.97 Å². The van der Waals surface area contributed by atoms with Gasteiger partial charge >= 0.3 is 5.97 Å². The smallest absolute Gasteiger partial charge is 0.353 e. The summed E-state index contributed by atoms with van der Waals surface area (Å²) in [6.07, 6.45) is 4.51. The van der Waals surface area contributed by atoms with E-state index in [1.54, 1.807) is 54.7 Å². The van der Waals surface area contributed by atoms with Crippen LogP contribution < -0.4 is 10.2 Å². The number of carbonyl (C=O) groups excluding carboxylic acids is 2. The van der Waals surface area contributed by atoms with Gasteiger partial charge in [0, 0.05) is 12.4 Å². The summed E-state index contributed by atoms with van der Waals surface area (Å²) in [6.45, 7) is 0. The molecule has 0 aliphatic rings. The molecular weight excluding hydrogens is 338 g/mol. The van der Waals surface area contributed by atoms with Gasteiger partial charge < -0.3 is 4.74 Å². The number of ether oxygens (including phenoxy) is 1. The van der Waals surface area contributed by atoms with Crippen molar-refractivity contribution >= 4 is 29.4 Å². The number of nitrogens with one attached hydrogen (secondary N) is 1. The minimum atomic E-state index is -0.408. The number of rotatable bonds is 5. The van der Waals surface area contributed by atoms with Crippen molar-refractivity contribution in [2.24, 2.45) is 5.10 Å². The topological polar surface area (TPSA) is 80.6 Å². The summed E-state index contributed by atoms with van der Waals surface area (Å²) in [7, 11) is 0. The van der Waals surface area contributed by atoms with Gasteiger partial charge in [-0.05, 0) is 41.3 Å².